The molecule has 0 bridgehead atoms. The number of aromatic nitrogens is 1. The third kappa shape index (κ3) is 2.36. The van der Waals surface area contributed by atoms with Gasteiger partial charge >= 0.3 is 5.82 Å². The molecule has 2 heterocycles. The third-order valence-electron chi connectivity index (χ3n) is 3.25. The number of pyridine rings is 1. The van der Waals surface area contributed by atoms with Gasteiger partial charge < -0.3 is 20.7 Å². The molecular formula is C11H16N4O2. The Morgan fingerprint density at radius 3 is 3.06 bits per heavy atom. The molecule has 2 N–H and O–H groups in total. The van der Waals surface area contributed by atoms with Crippen LogP contribution in [0, 0.1) is 16.0 Å². The molecule has 17 heavy (non-hydrogen) atoms. The second-order valence-corrected chi connectivity index (χ2v) is 4.46. The molecule has 1 saturated heterocycles. The van der Waals surface area contributed by atoms with E-state index in [4.69, 9.17) is 5.73 Å². The first-order chi connectivity index (χ1) is 8.09. The van der Waals surface area contributed by atoms with E-state index in [2.05, 4.69) is 4.98 Å². The summed E-state index contributed by atoms with van der Waals surface area (Å²) in [5.41, 5.74) is 6.46. The van der Waals surface area contributed by atoms with Crippen molar-refractivity contribution in [1.82, 2.24) is 4.98 Å². The Hall–Kier alpha value is -1.69. The topological polar surface area (TPSA) is 85.3 Å². The van der Waals surface area contributed by atoms with Gasteiger partial charge in [0.2, 0.25) is 0 Å². The zero-order valence-corrected chi connectivity index (χ0v) is 9.74. The summed E-state index contributed by atoms with van der Waals surface area (Å²) in [6.07, 6.45) is 2.42. The first kappa shape index (κ1) is 11.8. The second-order valence-electron chi connectivity index (χ2n) is 4.46. The summed E-state index contributed by atoms with van der Waals surface area (Å²) >= 11 is 0. The lowest BCUT2D eigenvalue weighted by Gasteiger charge is -2.19. The molecule has 92 valence electrons. The highest BCUT2D eigenvalue weighted by Crippen LogP contribution is 2.30. The fraction of sp³-hybridized carbons (Fsp3) is 0.545. The molecule has 2 rings (SSSR count). The number of anilines is 1. The minimum absolute atomic E-state index is 0.0715. The Balaban J connectivity index is 2.21. The zero-order chi connectivity index (χ0) is 12.4. The first-order valence-corrected chi connectivity index (χ1v) is 5.69. The van der Waals surface area contributed by atoms with Gasteiger partial charge in [-0.1, -0.05) is 0 Å². The maximum absolute atomic E-state index is 10.9. The van der Waals surface area contributed by atoms with Gasteiger partial charge in [0.05, 0.1) is 0 Å². The number of nitro groups is 1. The Kier molecular flexibility index (Phi) is 3.23. The van der Waals surface area contributed by atoms with Crippen molar-refractivity contribution in [2.45, 2.75) is 19.4 Å². The van der Waals surface area contributed by atoms with Crippen LogP contribution in [-0.2, 0) is 0 Å². The van der Waals surface area contributed by atoms with Gasteiger partial charge in [0, 0.05) is 19.1 Å². The average Bonchev–Trinajstić information content (AvgIpc) is 2.78. The maximum atomic E-state index is 10.9. The standard InChI is InChI=1S/C11H16N4O2/c1-8(12)9-4-6-14(7-9)10-3-2-5-13-11(10)15(16)17/h2-3,5,8-9H,4,6-7,12H2,1H3. The van der Waals surface area contributed by atoms with Gasteiger partial charge in [-0.15, -0.1) is 0 Å². The molecule has 1 fully saturated rings. The molecule has 1 aliphatic heterocycles. The van der Waals surface area contributed by atoms with Crippen molar-refractivity contribution < 1.29 is 4.92 Å². The molecule has 0 aliphatic carbocycles. The van der Waals surface area contributed by atoms with Gasteiger partial charge in [-0.25, -0.2) is 0 Å². The lowest BCUT2D eigenvalue weighted by molar-refractivity contribution is -0.388. The summed E-state index contributed by atoms with van der Waals surface area (Å²) in [5, 5.41) is 10.9. The van der Waals surface area contributed by atoms with Crippen LogP contribution in [0.15, 0.2) is 18.3 Å². The molecule has 6 nitrogen and oxygen atoms in total. The highest BCUT2D eigenvalue weighted by atomic mass is 16.6. The lowest BCUT2D eigenvalue weighted by atomic mass is 10.0. The van der Waals surface area contributed by atoms with Gasteiger partial charge in [-0.05, 0) is 41.3 Å². The number of nitrogens with two attached hydrogens (primary N) is 1. The van der Waals surface area contributed by atoms with Gasteiger partial charge in [0.15, 0.2) is 0 Å². The van der Waals surface area contributed by atoms with Crippen molar-refractivity contribution in [1.29, 1.82) is 0 Å². The van der Waals surface area contributed by atoms with E-state index in [1.165, 1.54) is 6.20 Å². The molecule has 2 unspecified atom stereocenters. The van der Waals surface area contributed by atoms with Crippen molar-refractivity contribution in [3.63, 3.8) is 0 Å². The molecule has 1 aliphatic rings. The lowest BCUT2D eigenvalue weighted by Crippen LogP contribution is -2.30. The van der Waals surface area contributed by atoms with E-state index in [0.717, 1.165) is 19.5 Å². The average molecular weight is 236 g/mol. The quantitative estimate of drug-likeness (QED) is 0.628. The fourth-order valence-corrected chi connectivity index (χ4v) is 2.21. The summed E-state index contributed by atoms with van der Waals surface area (Å²) in [7, 11) is 0. The monoisotopic (exact) mass is 236 g/mol. The predicted octanol–water partition coefficient (Wildman–Crippen LogP) is 1.16. The summed E-state index contributed by atoms with van der Waals surface area (Å²) < 4.78 is 0. The summed E-state index contributed by atoms with van der Waals surface area (Å²) in [5.74, 6) is 0.327. The van der Waals surface area contributed by atoms with Crippen molar-refractivity contribution in [3.8, 4) is 0 Å². The van der Waals surface area contributed by atoms with Gasteiger partial charge in [-0.3, -0.25) is 0 Å². The Labute approximate surface area is 99.6 Å². The predicted molar refractivity (Wildman–Crippen MR) is 64.9 cm³/mol. The zero-order valence-electron chi connectivity index (χ0n) is 9.74. The van der Waals surface area contributed by atoms with Gasteiger partial charge in [-0.2, -0.15) is 0 Å². The van der Waals surface area contributed by atoms with E-state index in [1.54, 1.807) is 12.1 Å². The molecule has 6 heteroatoms. The van der Waals surface area contributed by atoms with E-state index < -0.39 is 4.92 Å². The molecule has 0 amide bonds. The molecular weight excluding hydrogens is 220 g/mol. The smallest absolute Gasteiger partial charge is 0.364 e. The molecule has 0 spiro atoms. The minimum atomic E-state index is -0.436. The van der Waals surface area contributed by atoms with Crippen LogP contribution in [-0.4, -0.2) is 29.0 Å². The van der Waals surface area contributed by atoms with Crippen molar-refractivity contribution in [2.24, 2.45) is 11.7 Å². The van der Waals surface area contributed by atoms with Crippen LogP contribution < -0.4 is 10.6 Å². The second kappa shape index (κ2) is 4.67. The van der Waals surface area contributed by atoms with Crippen LogP contribution >= 0.6 is 0 Å². The largest absolute Gasteiger partial charge is 0.387 e. The van der Waals surface area contributed by atoms with Gasteiger partial charge in [0.1, 0.15) is 11.9 Å². The Morgan fingerprint density at radius 2 is 2.47 bits per heavy atom. The normalized spacial score (nSPS) is 21.5. The SMILES string of the molecule is CC(N)C1CCN(c2cccnc2[N+](=O)[O-])C1. The van der Waals surface area contributed by atoms with Crippen LogP contribution in [0.25, 0.3) is 0 Å². The Bertz CT molecular complexity index is 422. The molecule has 1 aromatic rings. The van der Waals surface area contributed by atoms with Crippen LogP contribution in [0.2, 0.25) is 0 Å². The van der Waals surface area contributed by atoms with Crippen LogP contribution in [0.3, 0.4) is 0 Å². The summed E-state index contributed by atoms with van der Waals surface area (Å²) in [6.45, 7) is 3.55. The minimum Gasteiger partial charge on any atom is -0.364 e. The van der Waals surface area contributed by atoms with E-state index in [0.29, 0.717) is 11.6 Å². The summed E-state index contributed by atoms with van der Waals surface area (Å²) in [6, 6.07) is 3.59. The highest BCUT2D eigenvalue weighted by Gasteiger charge is 2.29. The molecule has 0 saturated carbocycles. The molecule has 2 atom stereocenters. The summed E-state index contributed by atoms with van der Waals surface area (Å²) in [4.78, 5) is 16.3. The van der Waals surface area contributed by atoms with E-state index in [1.807, 2.05) is 11.8 Å². The van der Waals surface area contributed by atoms with Crippen LogP contribution in [0.4, 0.5) is 11.5 Å². The van der Waals surface area contributed by atoms with Crippen molar-refractivity contribution in [3.05, 3.63) is 28.4 Å². The Morgan fingerprint density at radius 1 is 1.71 bits per heavy atom. The molecule has 0 aromatic carbocycles. The van der Waals surface area contributed by atoms with E-state index in [-0.39, 0.29) is 11.9 Å². The van der Waals surface area contributed by atoms with Crippen LogP contribution in [0.5, 0.6) is 0 Å². The maximum Gasteiger partial charge on any atom is 0.387 e. The van der Waals surface area contributed by atoms with E-state index >= 15 is 0 Å². The number of rotatable bonds is 3. The fourth-order valence-electron chi connectivity index (χ4n) is 2.21. The van der Waals surface area contributed by atoms with Crippen molar-refractivity contribution >= 4 is 11.5 Å². The molecule has 1 aromatic heterocycles. The third-order valence-corrected chi connectivity index (χ3v) is 3.25. The van der Waals surface area contributed by atoms with Crippen molar-refractivity contribution in [2.75, 3.05) is 18.0 Å². The number of hydrogen-bond acceptors (Lipinski definition) is 5. The molecule has 0 radical (unpaired) electrons. The highest BCUT2D eigenvalue weighted by molar-refractivity contribution is 5.59. The van der Waals surface area contributed by atoms with E-state index in [9.17, 15) is 10.1 Å². The van der Waals surface area contributed by atoms with Crippen LogP contribution in [0.1, 0.15) is 13.3 Å². The number of nitrogens with zero attached hydrogens (tertiary/aromatic N) is 3. The number of hydrogen-bond donors (Lipinski definition) is 1. The first-order valence-electron chi connectivity index (χ1n) is 5.69. The van der Waals surface area contributed by atoms with Gasteiger partial charge in [0.25, 0.3) is 0 Å².